The molecule has 3 N–H and O–H groups in total. The Balaban J connectivity index is 2.08. The summed E-state index contributed by atoms with van der Waals surface area (Å²) in [6.07, 6.45) is 2.80. The molecule has 0 amide bonds. The van der Waals surface area contributed by atoms with Crippen molar-refractivity contribution in [1.29, 1.82) is 0 Å². The van der Waals surface area contributed by atoms with Crippen LogP contribution in [0.1, 0.15) is 25.0 Å². The lowest BCUT2D eigenvalue weighted by atomic mass is 10.0. The Bertz CT molecular complexity index is 544. The number of pyridine rings is 1. The summed E-state index contributed by atoms with van der Waals surface area (Å²) < 4.78 is 0. The fourth-order valence-corrected chi connectivity index (χ4v) is 1.98. The molecule has 0 unspecified atom stereocenters. The molecular weight excluding hydrogens is 234 g/mol. The van der Waals surface area contributed by atoms with Gasteiger partial charge in [-0.1, -0.05) is 26.0 Å². The zero-order chi connectivity index (χ0) is 13.8. The molecule has 1 heterocycles. The Kier molecular flexibility index (Phi) is 4.05. The Morgan fingerprint density at radius 3 is 2.47 bits per heavy atom. The number of nitrogens with two attached hydrogens (primary N) is 1. The minimum absolute atomic E-state index is 0.681. The van der Waals surface area contributed by atoms with Crippen molar-refractivity contribution >= 4 is 17.2 Å². The molecule has 1 aromatic heterocycles. The van der Waals surface area contributed by atoms with Crippen molar-refractivity contribution in [3.05, 3.63) is 47.7 Å². The van der Waals surface area contributed by atoms with Crippen molar-refractivity contribution < 1.29 is 0 Å². The van der Waals surface area contributed by atoms with Gasteiger partial charge in [-0.15, -0.1) is 0 Å². The summed E-state index contributed by atoms with van der Waals surface area (Å²) in [4.78, 5) is 4.27. The number of anilines is 3. The highest BCUT2D eigenvalue weighted by Gasteiger charge is 2.01. The van der Waals surface area contributed by atoms with Crippen molar-refractivity contribution in [2.75, 3.05) is 11.1 Å². The molecule has 0 fully saturated rings. The van der Waals surface area contributed by atoms with Gasteiger partial charge in [0, 0.05) is 5.69 Å². The van der Waals surface area contributed by atoms with Gasteiger partial charge in [0.1, 0.15) is 5.82 Å². The first-order valence-electron chi connectivity index (χ1n) is 6.62. The van der Waals surface area contributed by atoms with E-state index in [-0.39, 0.29) is 0 Å². The number of aromatic nitrogens is 1. The predicted octanol–water partition coefficient (Wildman–Crippen LogP) is 3.91. The van der Waals surface area contributed by atoms with E-state index in [2.05, 4.69) is 48.4 Å². The maximum Gasteiger partial charge on any atom is 0.130 e. The summed E-state index contributed by atoms with van der Waals surface area (Å²) >= 11 is 0. The zero-order valence-corrected chi connectivity index (χ0v) is 11.8. The quantitative estimate of drug-likeness (QED) is 0.870. The summed E-state index contributed by atoms with van der Waals surface area (Å²) in [5, 5.41) is 3.29. The standard InChI is InChI=1S/C16H21N3/c1-11(2)8-13-4-6-14(7-5-13)19-16-9-12(3)15(17)10-18-16/h4-7,9-11H,8,17H2,1-3H3,(H,18,19). The van der Waals surface area contributed by atoms with Crippen LogP contribution in [0.5, 0.6) is 0 Å². The number of nitrogens with zero attached hydrogens (tertiary/aromatic N) is 1. The lowest BCUT2D eigenvalue weighted by Crippen LogP contribution is -1.98. The van der Waals surface area contributed by atoms with E-state index < -0.39 is 0 Å². The van der Waals surface area contributed by atoms with Crippen LogP contribution in [-0.2, 0) is 6.42 Å². The maximum atomic E-state index is 5.76. The van der Waals surface area contributed by atoms with E-state index in [4.69, 9.17) is 5.73 Å². The van der Waals surface area contributed by atoms with Crippen molar-refractivity contribution in [1.82, 2.24) is 4.98 Å². The SMILES string of the molecule is Cc1cc(Nc2ccc(CC(C)C)cc2)ncc1N. The van der Waals surface area contributed by atoms with Crippen LogP contribution in [0.15, 0.2) is 36.5 Å². The Hall–Kier alpha value is -2.03. The molecule has 0 radical (unpaired) electrons. The van der Waals surface area contributed by atoms with Crippen molar-refractivity contribution in [3.63, 3.8) is 0 Å². The molecule has 0 atom stereocenters. The first-order valence-corrected chi connectivity index (χ1v) is 6.62. The molecule has 0 spiro atoms. The largest absolute Gasteiger partial charge is 0.397 e. The number of benzene rings is 1. The molecular formula is C16H21N3. The second-order valence-corrected chi connectivity index (χ2v) is 5.35. The first kappa shape index (κ1) is 13.4. The Labute approximate surface area is 114 Å². The van der Waals surface area contributed by atoms with E-state index in [1.54, 1.807) is 6.20 Å². The van der Waals surface area contributed by atoms with Crippen LogP contribution in [0, 0.1) is 12.8 Å². The summed E-state index contributed by atoms with van der Waals surface area (Å²) in [6.45, 7) is 6.44. The van der Waals surface area contributed by atoms with Crippen LogP contribution >= 0.6 is 0 Å². The zero-order valence-electron chi connectivity index (χ0n) is 11.8. The number of nitrogen functional groups attached to an aromatic ring is 1. The third-order valence-electron chi connectivity index (χ3n) is 3.02. The molecule has 0 saturated carbocycles. The lowest BCUT2D eigenvalue weighted by molar-refractivity contribution is 0.647. The second-order valence-electron chi connectivity index (χ2n) is 5.35. The predicted molar refractivity (Wildman–Crippen MR) is 81.7 cm³/mol. The molecule has 19 heavy (non-hydrogen) atoms. The van der Waals surface area contributed by atoms with Crippen LogP contribution in [0.3, 0.4) is 0 Å². The van der Waals surface area contributed by atoms with Crippen LogP contribution in [0.4, 0.5) is 17.2 Å². The third-order valence-corrected chi connectivity index (χ3v) is 3.02. The summed E-state index contributed by atoms with van der Waals surface area (Å²) in [5.74, 6) is 1.50. The molecule has 0 bridgehead atoms. The molecule has 3 heteroatoms. The molecule has 0 aliphatic rings. The minimum atomic E-state index is 0.681. The van der Waals surface area contributed by atoms with Crippen LogP contribution in [0.2, 0.25) is 0 Å². The molecule has 1 aromatic carbocycles. The van der Waals surface area contributed by atoms with E-state index in [0.717, 1.165) is 29.2 Å². The van der Waals surface area contributed by atoms with E-state index in [1.807, 2.05) is 13.0 Å². The van der Waals surface area contributed by atoms with E-state index >= 15 is 0 Å². The van der Waals surface area contributed by atoms with Gasteiger partial charge in [0.25, 0.3) is 0 Å². The summed E-state index contributed by atoms with van der Waals surface area (Å²) in [5.41, 5.74) is 9.92. The smallest absolute Gasteiger partial charge is 0.130 e. The van der Waals surface area contributed by atoms with Gasteiger partial charge >= 0.3 is 0 Å². The van der Waals surface area contributed by atoms with Gasteiger partial charge in [-0.05, 0) is 48.6 Å². The molecule has 2 rings (SSSR count). The highest BCUT2D eigenvalue weighted by atomic mass is 15.0. The number of hydrogen-bond donors (Lipinski definition) is 2. The fourth-order valence-electron chi connectivity index (χ4n) is 1.98. The van der Waals surface area contributed by atoms with Gasteiger partial charge in [0.2, 0.25) is 0 Å². The minimum Gasteiger partial charge on any atom is -0.397 e. The topological polar surface area (TPSA) is 50.9 Å². The molecule has 100 valence electrons. The fraction of sp³-hybridized carbons (Fsp3) is 0.312. The molecule has 0 aliphatic heterocycles. The molecule has 2 aromatic rings. The first-order chi connectivity index (χ1) is 9.04. The lowest BCUT2D eigenvalue weighted by Gasteiger charge is -2.09. The monoisotopic (exact) mass is 255 g/mol. The number of nitrogens with one attached hydrogen (secondary N) is 1. The molecule has 0 saturated heterocycles. The van der Waals surface area contributed by atoms with Crippen LogP contribution < -0.4 is 11.1 Å². The number of rotatable bonds is 4. The molecule has 0 aliphatic carbocycles. The average Bonchev–Trinajstić information content (AvgIpc) is 2.36. The third kappa shape index (κ3) is 3.71. The van der Waals surface area contributed by atoms with Crippen LogP contribution in [-0.4, -0.2) is 4.98 Å². The van der Waals surface area contributed by atoms with E-state index in [0.29, 0.717) is 5.92 Å². The highest BCUT2D eigenvalue weighted by molar-refractivity contribution is 5.59. The van der Waals surface area contributed by atoms with Crippen LogP contribution in [0.25, 0.3) is 0 Å². The Morgan fingerprint density at radius 2 is 1.89 bits per heavy atom. The van der Waals surface area contributed by atoms with Gasteiger partial charge in [-0.2, -0.15) is 0 Å². The summed E-state index contributed by atoms with van der Waals surface area (Å²) in [7, 11) is 0. The van der Waals surface area contributed by atoms with Crippen molar-refractivity contribution in [3.8, 4) is 0 Å². The van der Waals surface area contributed by atoms with Crippen molar-refractivity contribution in [2.24, 2.45) is 5.92 Å². The van der Waals surface area contributed by atoms with E-state index in [9.17, 15) is 0 Å². The number of aryl methyl sites for hydroxylation is 1. The number of hydrogen-bond acceptors (Lipinski definition) is 3. The van der Waals surface area contributed by atoms with Gasteiger partial charge in [-0.3, -0.25) is 0 Å². The molecule has 3 nitrogen and oxygen atoms in total. The van der Waals surface area contributed by atoms with Gasteiger partial charge in [0.15, 0.2) is 0 Å². The average molecular weight is 255 g/mol. The normalized spacial score (nSPS) is 10.7. The Morgan fingerprint density at radius 1 is 1.21 bits per heavy atom. The van der Waals surface area contributed by atoms with Crippen molar-refractivity contribution in [2.45, 2.75) is 27.2 Å². The van der Waals surface area contributed by atoms with Gasteiger partial charge < -0.3 is 11.1 Å². The highest BCUT2D eigenvalue weighted by Crippen LogP contribution is 2.19. The maximum absolute atomic E-state index is 5.76. The second kappa shape index (κ2) is 5.74. The summed E-state index contributed by atoms with van der Waals surface area (Å²) in [6, 6.07) is 10.5. The van der Waals surface area contributed by atoms with Gasteiger partial charge in [0.05, 0.1) is 11.9 Å². The van der Waals surface area contributed by atoms with E-state index in [1.165, 1.54) is 5.56 Å². The van der Waals surface area contributed by atoms with Gasteiger partial charge in [-0.25, -0.2) is 4.98 Å².